The molecule has 0 saturated carbocycles. The lowest BCUT2D eigenvalue weighted by atomic mass is 10.0. The SMILES string of the molecule is CCN(CC)C(=O)c1ccc(Cc2ccccc2Cl)cc1. The topological polar surface area (TPSA) is 20.3 Å². The molecule has 0 bridgehead atoms. The number of hydrogen-bond acceptors (Lipinski definition) is 1. The number of carbonyl (C=O) groups is 1. The van der Waals surface area contributed by atoms with Gasteiger partial charge in [0.2, 0.25) is 0 Å². The first-order chi connectivity index (χ1) is 10.2. The van der Waals surface area contributed by atoms with Crippen LogP contribution in [0, 0.1) is 0 Å². The van der Waals surface area contributed by atoms with Crippen molar-refractivity contribution in [2.24, 2.45) is 0 Å². The van der Waals surface area contributed by atoms with Crippen LogP contribution in [0.15, 0.2) is 48.5 Å². The highest BCUT2D eigenvalue weighted by Gasteiger charge is 2.12. The van der Waals surface area contributed by atoms with Crippen LogP contribution in [-0.2, 0) is 6.42 Å². The van der Waals surface area contributed by atoms with Gasteiger partial charge >= 0.3 is 0 Å². The molecule has 21 heavy (non-hydrogen) atoms. The van der Waals surface area contributed by atoms with Crippen LogP contribution >= 0.6 is 11.6 Å². The Labute approximate surface area is 131 Å². The molecule has 1 amide bonds. The second-order valence-corrected chi connectivity index (χ2v) is 5.35. The van der Waals surface area contributed by atoms with E-state index in [9.17, 15) is 4.79 Å². The van der Waals surface area contributed by atoms with Crippen molar-refractivity contribution in [2.45, 2.75) is 20.3 Å². The van der Waals surface area contributed by atoms with Crippen LogP contribution in [0.4, 0.5) is 0 Å². The van der Waals surface area contributed by atoms with E-state index in [4.69, 9.17) is 11.6 Å². The molecule has 0 N–H and O–H groups in total. The van der Waals surface area contributed by atoms with Gasteiger partial charge in [-0.25, -0.2) is 0 Å². The van der Waals surface area contributed by atoms with Crippen molar-refractivity contribution >= 4 is 17.5 Å². The molecule has 0 atom stereocenters. The highest BCUT2D eigenvalue weighted by molar-refractivity contribution is 6.31. The Balaban J connectivity index is 2.12. The highest BCUT2D eigenvalue weighted by Crippen LogP contribution is 2.19. The zero-order valence-electron chi connectivity index (χ0n) is 12.5. The van der Waals surface area contributed by atoms with Crippen LogP contribution < -0.4 is 0 Å². The first-order valence-corrected chi connectivity index (χ1v) is 7.65. The van der Waals surface area contributed by atoms with Gasteiger partial charge in [0.15, 0.2) is 0 Å². The van der Waals surface area contributed by atoms with E-state index >= 15 is 0 Å². The third-order valence-electron chi connectivity index (χ3n) is 3.60. The Morgan fingerprint density at radius 1 is 1.00 bits per heavy atom. The minimum atomic E-state index is 0.0873. The molecule has 3 heteroatoms. The second-order valence-electron chi connectivity index (χ2n) is 4.94. The van der Waals surface area contributed by atoms with Gasteiger partial charge in [-0.3, -0.25) is 4.79 Å². The van der Waals surface area contributed by atoms with E-state index in [-0.39, 0.29) is 5.91 Å². The summed E-state index contributed by atoms with van der Waals surface area (Å²) in [5, 5.41) is 0.779. The summed E-state index contributed by atoms with van der Waals surface area (Å²) in [5.74, 6) is 0.0873. The van der Waals surface area contributed by atoms with E-state index in [1.165, 1.54) is 0 Å². The van der Waals surface area contributed by atoms with E-state index in [1.807, 2.05) is 67.3 Å². The predicted octanol–water partition coefficient (Wildman–Crippen LogP) is 4.41. The molecule has 110 valence electrons. The number of benzene rings is 2. The van der Waals surface area contributed by atoms with Crippen LogP contribution in [0.2, 0.25) is 5.02 Å². The van der Waals surface area contributed by atoms with E-state index in [0.29, 0.717) is 0 Å². The summed E-state index contributed by atoms with van der Waals surface area (Å²) in [6.45, 7) is 5.45. The number of halogens is 1. The van der Waals surface area contributed by atoms with Crippen molar-refractivity contribution in [2.75, 3.05) is 13.1 Å². The number of nitrogens with zero attached hydrogens (tertiary/aromatic N) is 1. The van der Waals surface area contributed by atoms with Crippen molar-refractivity contribution in [3.63, 3.8) is 0 Å². The van der Waals surface area contributed by atoms with Crippen LogP contribution in [0.3, 0.4) is 0 Å². The molecule has 0 radical (unpaired) electrons. The van der Waals surface area contributed by atoms with Gasteiger partial charge in [-0.1, -0.05) is 41.9 Å². The Morgan fingerprint density at radius 3 is 2.19 bits per heavy atom. The lowest BCUT2D eigenvalue weighted by Crippen LogP contribution is -2.30. The maximum absolute atomic E-state index is 12.2. The molecule has 2 aromatic carbocycles. The van der Waals surface area contributed by atoms with Crippen molar-refractivity contribution in [3.05, 3.63) is 70.2 Å². The van der Waals surface area contributed by atoms with E-state index in [0.717, 1.165) is 41.2 Å². The fourth-order valence-electron chi connectivity index (χ4n) is 2.32. The van der Waals surface area contributed by atoms with Gasteiger partial charge in [0.25, 0.3) is 5.91 Å². The molecular formula is C18H20ClNO. The molecular weight excluding hydrogens is 282 g/mol. The summed E-state index contributed by atoms with van der Waals surface area (Å²) < 4.78 is 0. The largest absolute Gasteiger partial charge is 0.339 e. The Morgan fingerprint density at radius 2 is 1.62 bits per heavy atom. The summed E-state index contributed by atoms with van der Waals surface area (Å²) in [7, 11) is 0. The molecule has 0 aliphatic carbocycles. The molecule has 2 rings (SSSR count). The first kappa shape index (κ1) is 15.6. The Bertz CT molecular complexity index is 603. The molecule has 0 aliphatic rings. The summed E-state index contributed by atoms with van der Waals surface area (Å²) in [6.07, 6.45) is 0.777. The van der Waals surface area contributed by atoms with Gasteiger partial charge in [0.1, 0.15) is 0 Å². The van der Waals surface area contributed by atoms with Crippen LogP contribution in [-0.4, -0.2) is 23.9 Å². The minimum absolute atomic E-state index is 0.0873. The van der Waals surface area contributed by atoms with Crippen LogP contribution in [0.1, 0.15) is 35.3 Å². The maximum Gasteiger partial charge on any atom is 0.253 e. The summed E-state index contributed by atoms with van der Waals surface area (Å²) in [6, 6.07) is 15.6. The van der Waals surface area contributed by atoms with Crippen LogP contribution in [0.5, 0.6) is 0 Å². The molecule has 0 aliphatic heterocycles. The maximum atomic E-state index is 12.2. The van der Waals surface area contributed by atoms with Crippen molar-refractivity contribution in [1.29, 1.82) is 0 Å². The van der Waals surface area contributed by atoms with Crippen molar-refractivity contribution < 1.29 is 4.79 Å². The second kappa shape index (κ2) is 7.28. The van der Waals surface area contributed by atoms with Gasteiger partial charge in [-0.2, -0.15) is 0 Å². The summed E-state index contributed by atoms with van der Waals surface area (Å²) >= 11 is 6.17. The van der Waals surface area contributed by atoms with E-state index in [1.54, 1.807) is 0 Å². The number of amides is 1. The summed E-state index contributed by atoms with van der Waals surface area (Å²) in [5.41, 5.74) is 2.99. The smallest absolute Gasteiger partial charge is 0.253 e. The number of hydrogen-bond donors (Lipinski definition) is 0. The molecule has 0 aromatic heterocycles. The number of rotatable bonds is 5. The molecule has 0 heterocycles. The highest BCUT2D eigenvalue weighted by atomic mass is 35.5. The fraction of sp³-hybridized carbons (Fsp3) is 0.278. The molecule has 0 saturated heterocycles. The first-order valence-electron chi connectivity index (χ1n) is 7.27. The Kier molecular flexibility index (Phi) is 5.40. The van der Waals surface area contributed by atoms with Crippen molar-refractivity contribution in [1.82, 2.24) is 4.90 Å². The zero-order valence-corrected chi connectivity index (χ0v) is 13.2. The average molecular weight is 302 g/mol. The van der Waals surface area contributed by atoms with Gasteiger partial charge in [-0.05, 0) is 49.6 Å². The average Bonchev–Trinajstić information content (AvgIpc) is 2.51. The number of carbonyl (C=O) groups excluding carboxylic acids is 1. The predicted molar refractivity (Wildman–Crippen MR) is 88.0 cm³/mol. The minimum Gasteiger partial charge on any atom is -0.339 e. The molecule has 2 aromatic rings. The lowest BCUT2D eigenvalue weighted by molar-refractivity contribution is 0.0773. The third kappa shape index (κ3) is 3.85. The van der Waals surface area contributed by atoms with Gasteiger partial charge in [0, 0.05) is 23.7 Å². The normalized spacial score (nSPS) is 10.4. The van der Waals surface area contributed by atoms with Crippen molar-refractivity contribution in [3.8, 4) is 0 Å². The third-order valence-corrected chi connectivity index (χ3v) is 3.97. The molecule has 2 nitrogen and oxygen atoms in total. The van der Waals surface area contributed by atoms with Gasteiger partial charge < -0.3 is 4.90 Å². The lowest BCUT2D eigenvalue weighted by Gasteiger charge is -2.18. The fourth-order valence-corrected chi connectivity index (χ4v) is 2.52. The molecule has 0 fully saturated rings. The van der Waals surface area contributed by atoms with Gasteiger partial charge in [-0.15, -0.1) is 0 Å². The summed E-state index contributed by atoms with van der Waals surface area (Å²) in [4.78, 5) is 14.1. The van der Waals surface area contributed by atoms with E-state index < -0.39 is 0 Å². The molecule has 0 unspecified atom stereocenters. The molecule has 0 spiro atoms. The van der Waals surface area contributed by atoms with Crippen LogP contribution in [0.25, 0.3) is 0 Å². The standard InChI is InChI=1S/C18H20ClNO/c1-3-20(4-2)18(21)15-11-9-14(10-12-15)13-16-7-5-6-8-17(16)19/h5-12H,3-4,13H2,1-2H3. The zero-order chi connectivity index (χ0) is 15.2. The van der Waals surface area contributed by atoms with Gasteiger partial charge in [0.05, 0.1) is 0 Å². The Hall–Kier alpha value is -1.80. The quantitative estimate of drug-likeness (QED) is 0.801. The van der Waals surface area contributed by atoms with E-state index in [2.05, 4.69) is 0 Å². The monoisotopic (exact) mass is 301 g/mol.